The number of ether oxygens (including phenoxy) is 1. The van der Waals surface area contributed by atoms with E-state index in [9.17, 15) is 14.9 Å². The van der Waals surface area contributed by atoms with Crippen LogP contribution in [-0.2, 0) is 11.4 Å². The Bertz CT molecular complexity index is 1180. The molecular weight excluding hydrogens is 378 g/mol. The number of imide groups is 1. The number of carbonyl (C=O) groups excluding carboxylic acids is 2. The minimum absolute atomic E-state index is 0.164. The van der Waals surface area contributed by atoms with Gasteiger partial charge in [0.15, 0.2) is 0 Å². The molecule has 1 aliphatic rings. The Morgan fingerprint density at radius 1 is 0.933 bits per heavy atom. The van der Waals surface area contributed by atoms with E-state index in [1.165, 1.54) is 0 Å². The first-order valence-corrected chi connectivity index (χ1v) is 9.29. The third kappa shape index (κ3) is 3.77. The van der Waals surface area contributed by atoms with Gasteiger partial charge in [0.25, 0.3) is 5.91 Å². The fraction of sp³-hybridized carbons (Fsp3) is 0.0417. The van der Waals surface area contributed by atoms with Gasteiger partial charge in [-0.2, -0.15) is 5.26 Å². The second kappa shape index (κ2) is 8.33. The predicted octanol–water partition coefficient (Wildman–Crippen LogP) is 4.23. The molecule has 6 nitrogen and oxygen atoms in total. The fourth-order valence-corrected chi connectivity index (χ4v) is 3.14. The maximum atomic E-state index is 12.8. The standard InChI is InChI=1S/C24H17N3O3/c25-15-18-9-4-5-10-19(18)16-30-22-13-7-6-8-17(22)14-21-23(28)27(24(29)26-21)20-11-2-1-3-12-20/h1-14H,16H2,(H,26,29). The van der Waals surface area contributed by atoms with Gasteiger partial charge in [0, 0.05) is 11.1 Å². The van der Waals surface area contributed by atoms with Crippen molar-refractivity contribution in [1.82, 2.24) is 5.32 Å². The smallest absolute Gasteiger partial charge is 0.333 e. The Kier molecular flexibility index (Phi) is 5.27. The summed E-state index contributed by atoms with van der Waals surface area (Å²) < 4.78 is 5.92. The van der Waals surface area contributed by atoms with Crippen molar-refractivity contribution in [3.8, 4) is 11.8 Å². The van der Waals surface area contributed by atoms with Crippen LogP contribution in [0, 0.1) is 11.3 Å². The number of para-hydroxylation sites is 2. The van der Waals surface area contributed by atoms with Crippen molar-refractivity contribution < 1.29 is 14.3 Å². The number of urea groups is 1. The van der Waals surface area contributed by atoms with E-state index in [0.29, 0.717) is 22.6 Å². The third-order valence-electron chi connectivity index (χ3n) is 4.63. The highest BCUT2D eigenvalue weighted by molar-refractivity contribution is 6.28. The average molecular weight is 395 g/mol. The molecule has 0 bridgehead atoms. The quantitative estimate of drug-likeness (QED) is 0.518. The number of hydrogen-bond donors (Lipinski definition) is 1. The molecule has 0 spiro atoms. The highest BCUT2D eigenvalue weighted by Gasteiger charge is 2.34. The molecule has 0 unspecified atom stereocenters. The van der Waals surface area contributed by atoms with E-state index in [1.54, 1.807) is 54.6 Å². The lowest BCUT2D eigenvalue weighted by molar-refractivity contribution is -0.113. The molecule has 1 saturated heterocycles. The number of carbonyl (C=O) groups is 2. The van der Waals surface area contributed by atoms with Gasteiger partial charge in [0.2, 0.25) is 0 Å². The fourth-order valence-electron chi connectivity index (χ4n) is 3.14. The zero-order valence-corrected chi connectivity index (χ0v) is 15.9. The zero-order chi connectivity index (χ0) is 20.9. The molecule has 0 saturated carbocycles. The van der Waals surface area contributed by atoms with Gasteiger partial charge >= 0.3 is 6.03 Å². The molecule has 1 heterocycles. The molecule has 3 amide bonds. The number of amides is 3. The minimum atomic E-state index is -0.501. The number of nitriles is 1. The molecule has 0 atom stereocenters. The first kappa shape index (κ1) is 19.0. The van der Waals surface area contributed by atoms with Crippen LogP contribution in [0.3, 0.4) is 0 Å². The van der Waals surface area contributed by atoms with Crippen molar-refractivity contribution in [3.63, 3.8) is 0 Å². The summed E-state index contributed by atoms with van der Waals surface area (Å²) in [6, 6.07) is 24.8. The number of hydrogen-bond acceptors (Lipinski definition) is 4. The van der Waals surface area contributed by atoms with Crippen LogP contribution >= 0.6 is 0 Å². The Morgan fingerprint density at radius 2 is 1.63 bits per heavy atom. The molecule has 4 rings (SSSR count). The van der Waals surface area contributed by atoms with E-state index in [2.05, 4.69) is 11.4 Å². The Balaban J connectivity index is 1.58. The van der Waals surface area contributed by atoms with Crippen LogP contribution in [0.15, 0.2) is 84.6 Å². The lowest BCUT2D eigenvalue weighted by Crippen LogP contribution is -2.30. The number of nitrogens with zero attached hydrogens (tertiary/aromatic N) is 2. The van der Waals surface area contributed by atoms with Crippen LogP contribution in [0.25, 0.3) is 6.08 Å². The molecule has 30 heavy (non-hydrogen) atoms. The Hall–Kier alpha value is -4.37. The summed E-state index contributed by atoms with van der Waals surface area (Å²) in [6.07, 6.45) is 1.59. The van der Waals surface area contributed by atoms with Crippen molar-refractivity contribution in [3.05, 3.63) is 101 Å². The highest BCUT2D eigenvalue weighted by Crippen LogP contribution is 2.26. The molecule has 1 aliphatic heterocycles. The second-order valence-corrected chi connectivity index (χ2v) is 6.56. The minimum Gasteiger partial charge on any atom is -0.488 e. The van der Waals surface area contributed by atoms with Gasteiger partial charge in [-0.3, -0.25) is 4.79 Å². The molecule has 146 valence electrons. The normalized spacial score (nSPS) is 14.5. The first-order chi connectivity index (χ1) is 14.7. The number of nitrogens with one attached hydrogen (secondary N) is 1. The second-order valence-electron chi connectivity index (χ2n) is 6.56. The van der Waals surface area contributed by atoms with Gasteiger partial charge in [0.1, 0.15) is 18.1 Å². The van der Waals surface area contributed by atoms with Gasteiger partial charge in [-0.1, -0.05) is 54.6 Å². The SMILES string of the molecule is N#Cc1ccccc1COc1ccccc1C=C1NC(=O)N(c2ccccc2)C1=O. The summed E-state index contributed by atoms with van der Waals surface area (Å²) in [5, 5.41) is 11.9. The van der Waals surface area contributed by atoms with E-state index in [1.807, 2.05) is 30.3 Å². The van der Waals surface area contributed by atoms with E-state index < -0.39 is 11.9 Å². The Labute approximate surface area is 173 Å². The molecule has 0 aromatic heterocycles. The molecule has 1 N–H and O–H groups in total. The van der Waals surface area contributed by atoms with Crippen molar-refractivity contribution in [1.29, 1.82) is 5.26 Å². The largest absolute Gasteiger partial charge is 0.488 e. The van der Waals surface area contributed by atoms with Crippen molar-refractivity contribution >= 4 is 23.7 Å². The Morgan fingerprint density at radius 3 is 2.43 bits per heavy atom. The maximum Gasteiger partial charge on any atom is 0.333 e. The predicted molar refractivity (Wildman–Crippen MR) is 112 cm³/mol. The average Bonchev–Trinajstić information content (AvgIpc) is 3.06. The molecule has 3 aromatic rings. The van der Waals surface area contributed by atoms with E-state index in [-0.39, 0.29) is 12.3 Å². The topological polar surface area (TPSA) is 82.4 Å². The van der Waals surface area contributed by atoms with Crippen molar-refractivity contribution in [2.24, 2.45) is 0 Å². The summed E-state index contributed by atoms with van der Waals surface area (Å²) in [6.45, 7) is 0.209. The lowest BCUT2D eigenvalue weighted by atomic mass is 10.1. The van der Waals surface area contributed by atoms with Crippen molar-refractivity contribution in [2.75, 3.05) is 4.90 Å². The third-order valence-corrected chi connectivity index (χ3v) is 4.63. The van der Waals surface area contributed by atoms with E-state index in [0.717, 1.165) is 10.5 Å². The summed E-state index contributed by atoms with van der Waals surface area (Å²) in [7, 11) is 0. The van der Waals surface area contributed by atoms with E-state index >= 15 is 0 Å². The molecule has 6 heteroatoms. The van der Waals surface area contributed by atoms with Crippen LogP contribution in [0.4, 0.5) is 10.5 Å². The van der Waals surface area contributed by atoms with Gasteiger partial charge in [0.05, 0.1) is 17.3 Å². The molecular formula is C24H17N3O3. The first-order valence-electron chi connectivity index (χ1n) is 9.29. The van der Waals surface area contributed by atoms with Crippen molar-refractivity contribution in [2.45, 2.75) is 6.61 Å². The van der Waals surface area contributed by atoms with Crippen LogP contribution < -0.4 is 15.0 Å². The molecule has 3 aromatic carbocycles. The van der Waals surface area contributed by atoms with Crippen LogP contribution in [0.2, 0.25) is 0 Å². The summed E-state index contributed by atoms with van der Waals surface area (Å²) >= 11 is 0. The summed E-state index contributed by atoms with van der Waals surface area (Å²) in [5.74, 6) is 0.105. The van der Waals surface area contributed by atoms with Gasteiger partial charge in [-0.25, -0.2) is 9.69 Å². The van der Waals surface area contributed by atoms with Crippen LogP contribution in [0.1, 0.15) is 16.7 Å². The van der Waals surface area contributed by atoms with Gasteiger partial charge in [-0.15, -0.1) is 0 Å². The monoisotopic (exact) mass is 395 g/mol. The molecule has 1 fully saturated rings. The van der Waals surface area contributed by atoms with Gasteiger partial charge < -0.3 is 10.1 Å². The molecule has 0 aliphatic carbocycles. The van der Waals surface area contributed by atoms with Gasteiger partial charge in [-0.05, 0) is 30.3 Å². The van der Waals surface area contributed by atoms with E-state index in [4.69, 9.17) is 4.74 Å². The number of anilines is 1. The zero-order valence-electron chi connectivity index (χ0n) is 15.9. The number of benzene rings is 3. The number of rotatable bonds is 5. The summed E-state index contributed by atoms with van der Waals surface area (Å²) in [5.41, 5.74) is 2.62. The summed E-state index contributed by atoms with van der Waals surface area (Å²) in [4.78, 5) is 26.2. The van der Waals surface area contributed by atoms with Crippen LogP contribution in [-0.4, -0.2) is 11.9 Å². The maximum absolute atomic E-state index is 12.8. The highest BCUT2D eigenvalue weighted by atomic mass is 16.5. The van der Waals surface area contributed by atoms with Crippen LogP contribution in [0.5, 0.6) is 5.75 Å². The molecule has 0 radical (unpaired) electrons. The lowest BCUT2D eigenvalue weighted by Gasteiger charge is -2.11.